The minimum Gasteiger partial charge on any atom is -0.484 e. The van der Waals surface area contributed by atoms with Crippen molar-refractivity contribution < 1.29 is 9.26 Å². The maximum Gasteiger partial charge on any atom is 0.264 e. The maximum atomic E-state index is 5.60. The number of nitrogens with two attached hydrogens (primary N) is 1. The Hall–Kier alpha value is -1.88. The van der Waals surface area contributed by atoms with Gasteiger partial charge >= 0.3 is 0 Å². The lowest BCUT2D eigenvalue weighted by Gasteiger charge is -2.04. The minimum absolute atomic E-state index is 0.285. The van der Waals surface area contributed by atoms with E-state index in [0.29, 0.717) is 12.4 Å². The number of aryl methyl sites for hydroxylation is 1. The van der Waals surface area contributed by atoms with Crippen molar-refractivity contribution in [2.75, 3.05) is 0 Å². The second kappa shape index (κ2) is 6.89. The Labute approximate surface area is 112 Å². The van der Waals surface area contributed by atoms with E-state index in [2.05, 4.69) is 17.1 Å². The number of nitrogens with zero attached hydrogens (tertiary/aromatic N) is 2. The molecule has 0 fully saturated rings. The summed E-state index contributed by atoms with van der Waals surface area (Å²) in [7, 11) is 0. The summed E-state index contributed by atoms with van der Waals surface area (Å²) >= 11 is 0. The van der Waals surface area contributed by atoms with E-state index in [4.69, 9.17) is 15.0 Å². The molecule has 0 spiro atoms. The van der Waals surface area contributed by atoms with Crippen LogP contribution in [0.15, 0.2) is 28.8 Å². The summed E-state index contributed by atoms with van der Waals surface area (Å²) in [5.41, 5.74) is 6.61. The van der Waals surface area contributed by atoms with Gasteiger partial charge in [0.15, 0.2) is 12.4 Å². The average molecular weight is 261 g/mol. The van der Waals surface area contributed by atoms with Crippen LogP contribution in [0.4, 0.5) is 0 Å². The predicted octanol–water partition coefficient (Wildman–Crippen LogP) is 2.45. The van der Waals surface area contributed by atoms with Crippen LogP contribution in [0.5, 0.6) is 5.75 Å². The molecule has 5 nitrogen and oxygen atoms in total. The summed E-state index contributed by atoms with van der Waals surface area (Å²) in [4.78, 5) is 4.28. The monoisotopic (exact) mass is 261 g/mol. The van der Waals surface area contributed by atoms with Crippen molar-refractivity contribution in [2.24, 2.45) is 5.73 Å². The van der Waals surface area contributed by atoms with E-state index in [1.165, 1.54) is 0 Å². The Morgan fingerprint density at radius 1 is 1.37 bits per heavy atom. The highest BCUT2D eigenvalue weighted by molar-refractivity contribution is 5.28. The molecule has 0 unspecified atom stereocenters. The average Bonchev–Trinajstić information content (AvgIpc) is 2.91. The third kappa shape index (κ3) is 4.06. The smallest absolute Gasteiger partial charge is 0.264 e. The molecule has 0 saturated heterocycles. The molecule has 0 aliphatic rings. The number of ether oxygens (including phenoxy) is 1. The fourth-order valence-corrected chi connectivity index (χ4v) is 1.69. The van der Waals surface area contributed by atoms with Crippen LogP contribution in [0.25, 0.3) is 0 Å². The molecule has 1 heterocycles. The number of unbranched alkanes of at least 4 members (excludes halogenated alkanes) is 1. The van der Waals surface area contributed by atoms with Crippen LogP contribution in [0.3, 0.4) is 0 Å². The van der Waals surface area contributed by atoms with Crippen LogP contribution < -0.4 is 10.5 Å². The van der Waals surface area contributed by atoms with E-state index in [-0.39, 0.29) is 6.61 Å². The van der Waals surface area contributed by atoms with Crippen molar-refractivity contribution in [3.05, 3.63) is 41.5 Å². The van der Waals surface area contributed by atoms with E-state index >= 15 is 0 Å². The quantitative estimate of drug-likeness (QED) is 0.828. The zero-order valence-corrected chi connectivity index (χ0v) is 11.1. The second-order valence-electron chi connectivity index (χ2n) is 4.35. The highest BCUT2D eigenvalue weighted by Gasteiger charge is 2.06. The Morgan fingerprint density at radius 2 is 2.26 bits per heavy atom. The van der Waals surface area contributed by atoms with Crippen molar-refractivity contribution in [3.63, 3.8) is 0 Å². The number of hydrogen-bond donors (Lipinski definition) is 1. The lowest BCUT2D eigenvalue weighted by molar-refractivity contribution is 0.242. The van der Waals surface area contributed by atoms with Crippen LogP contribution in [0, 0.1) is 0 Å². The molecule has 2 rings (SSSR count). The van der Waals surface area contributed by atoms with Crippen molar-refractivity contribution in [2.45, 2.75) is 39.3 Å². The van der Waals surface area contributed by atoms with Crippen LogP contribution in [0.2, 0.25) is 0 Å². The third-order valence-corrected chi connectivity index (χ3v) is 2.76. The van der Waals surface area contributed by atoms with Crippen molar-refractivity contribution in [1.29, 1.82) is 0 Å². The van der Waals surface area contributed by atoms with E-state index in [1.807, 2.05) is 24.3 Å². The molecule has 0 saturated carbocycles. The fourth-order valence-electron chi connectivity index (χ4n) is 1.69. The number of hydrogen-bond acceptors (Lipinski definition) is 5. The molecular formula is C14H19N3O2. The van der Waals surface area contributed by atoms with Gasteiger partial charge in [0, 0.05) is 13.0 Å². The normalized spacial score (nSPS) is 10.6. The minimum atomic E-state index is 0.285. The molecule has 0 amide bonds. The van der Waals surface area contributed by atoms with E-state index in [9.17, 15) is 0 Å². The van der Waals surface area contributed by atoms with Gasteiger partial charge in [-0.25, -0.2) is 0 Å². The van der Waals surface area contributed by atoms with Crippen molar-refractivity contribution in [3.8, 4) is 5.75 Å². The lowest BCUT2D eigenvalue weighted by atomic mass is 10.2. The van der Waals surface area contributed by atoms with E-state index < -0.39 is 0 Å². The van der Waals surface area contributed by atoms with Gasteiger partial charge in [0.1, 0.15) is 5.75 Å². The van der Waals surface area contributed by atoms with Crippen molar-refractivity contribution >= 4 is 0 Å². The van der Waals surface area contributed by atoms with Gasteiger partial charge in [0.05, 0.1) is 0 Å². The summed E-state index contributed by atoms with van der Waals surface area (Å²) in [5, 5.41) is 3.91. The zero-order chi connectivity index (χ0) is 13.5. The molecule has 19 heavy (non-hydrogen) atoms. The first-order valence-electron chi connectivity index (χ1n) is 6.55. The highest BCUT2D eigenvalue weighted by Crippen LogP contribution is 2.14. The molecule has 0 atom stereocenters. The highest BCUT2D eigenvalue weighted by atomic mass is 16.5. The molecule has 0 radical (unpaired) electrons. The summed E-state index contributed by atoms with van der Waals surface area (Å²) in [5.74, 6) is 2.01. The Balaban J connectivity index is 1.89. The standard InChI is InChI=1S/C14H19N3O2/c1-2-3-7-13-16-14(19-17-13)10-18-12-6-4-5-11(8-12)9-15/h4-6,8H,2-3,7,9-10,15H2,1H3. The summed E-state index contributed by atoms with van der Waals surface area (Å²) in [6.45, 7) is 2.92. The molecule has 102 valence electrons. The Bertz CT molecular complexity index is 511. The maximum absolute atomic E-state index is 5.60. The summed E-state index contributed by atoms with van der Waals surface area (Å²) < 4.78 is 10.7. The molecular weight excluding hydrogens is 242 g/mol. The third-order valence-electron chi connectivity index (χ3n) is 2.76. The molecule has 0 aliphatic heterocycles. The van der Waals surface area contributed by atoms with Crippen LogP contribution >= 0.6 is 0 Å². The topological polar surface area (TPSA) is 74.2 Å². The number of rotatable bonds is 7. The van der Waals surface area contributed by atoms with Gasteiger partial charge in [-0.3, -0.25) is 0 Å². The second-order valence-corrected chi connectivity index (χ2v) is 4.35. The molecule has 1 aromatic heterocycles. The van der Waals surface area contributed by atoms with Gasteiger partial charge in [-0.2, -0.15) is 4.98 Å². The largest absolute Gasteiger partial charge is 0.484 e. The molecule has 5 heteroatoms. The zero-order valence-electron chi connectivity index (χ0n) is 11.1. The fraction of sp³-hybridized carbons (Fsp3) is 0.429. The van der Waals surface area contributed by atoms with Gasteiger partial charge in [-0.1, -0.05) is 30.6 Å². The van der Waals surface area contributed by atoms with Gasteiger partial charge in [0.2, 0.25) is 0 Å². The lowest BCUT2D eigenvalue weighted by Crippen LogP contribution is -1.99. The SMILES string of the molecule is CCCCc1noc(COc2cccc(CN)c2)n1. The first kappa shape index (κ1) is 13.5. The van der Waals surface area contributed by atoms with Crippen molar-refractivity contribution in [1.82, 2.24) is 10.1 Å². The Morgan fingerprint density at radius 3 is 3.05 bits per heavy atom. The van der Waals surface area contributed by atoms with Gasteiger partial charge in [0.25, 0.3) is 5.89 Å². The first-order chi connectivity index (χ1) is 9.31. The Kier molecular flexibility index (Phi) is 4.92. The molecule has 1 aromatic carbocycles. The summed E-state index contributed by atoms with van der Waals surface area (Å²) in [6.07, 6.45) is 3.04. The number of aromatic nitrogens is 2. The molecule has 2 aromatic rings. The molecule has 2 N–H and O–H groups in total. The van der Waals surface area contributed by atoms with E-state index in [0.717, 1.165) is 36.4 Å². The van der Waals surface area contributed by atoms with Crippen LogP contribution in [-0.4, -0.2) is 10.1 Å². The number of benzene rings is 1. The molecule has 0 aliphatic carbocycles. The summed E-state index contributed by atoms with van der Waals surface area (Å²) in [6, 6.07) is 7.67. The van der Waals surface area contributed by atoms with Crippen LogP contribution in [0.1, 0.15) is 37.0 Å². The van der Waals surface area contributed by atoms with Gasteiger partial charge < -0.3 is 15.0 Å². The first-order valence-corrected chi connectivity index (χ1v) is 6.55. The predicted molar refractivity (Wildman–Crippen MR) is 71.6 cm³/mol. The molecule has 0 bridgehead atoms. The van der Waals surface area contributed by atoms with E-state index in [1.54, 1.807) is 0 Å². The van der Waals surface area contributed by atoms with Gasteiger partial charge in [-0.15, -0.1) is 0 Å². The van der Waals surface area contributed by atoms with Crippen LogP contribution in [-0.2, 0) is 19.6 Å². The van der Waals surface area contributed by atoms with Gasteiger partial charge in [-0.05, 0) is 24.1 Å².